The first-order valence-corrected chi connectivity index (χ1v) is 6.88. The molecule has 0 saturated heterocycles. The summed E-state index contributed by atoms with van der Waals surface area (Å²) in [6, 6.07) is 13.7. The second kappa shape index (κ2) is 5.48. The largest absolute Gasteiger partial charge is 0.490 e. The van der Waals surface area contributed by atoms with E-state index in [2.05, 4.69) is 36.1 Å². The SMILES string of the molecule is COC(=O)c1ccc2c(c1)N(c1ccc(C)cc1)CCO2. The fourth-order valence-electron chi connectivity index (χ4n) is 2.46. The average molecular weight is 283 g/mol. The Labute approximate surface area is 123 Å². The molecule has 4 nitrogen and oxygen atoms in total. The van der Waals surface area contributed by atoms with E-state index in [9.17, 15) is 4.79 Å². The minimum absolute atomic E-state index is 0.341. The van der Waals surface area contributed by atoms with Gasteiger partial charge in [0.15, 0.2) is 0 Å². The van der Waals surface area contributed by atoms with Crippen molar-refractivity contribution >= 4 is 17.3 Å². The maximum Gasteiger partial charge on any atom is 0.337 e. The molecule has 0 unspecified atom stereocenters. The number of fused-ring (bicyclic) bond motifs is 1. The molecule has 4 heteroatoms. The third kappa shape index (κ3) is 2.57. The third-order valence-corrected chi connectivity index (χ3v) is 3.59. The summed E-state index contributed by atoms with van der Waals surface area (Å²) in [7, 11) is 1.38. The number of hydrogen-bond donors (Lipinski definition) is 0. The minimum Gasteiger partial charge on any atom is -0.490 e. The van der Waals surface area contributed by atoms with Crippen LogP contribution in [0, 0.1) is 6.92 Å². The van der Waals surface area contributed by atoms with Crippen molar-refractivity contribution in [2.75, 3.05) is 25.2 Å². The molecule has 1 aliphatic rings. The Kier molecular flexibility index (Phi) is 3.52. The standard InChI is InChI=1S/C17H17NO3/c1-12-3-6-14(7-4-12)18-9-10-21-16-8-5-13(11-15(16)18)17(19)20-2/h3-8,11H,9-10H2,1-2H3. The van der Waals surface area contributed by atoms with Gasteiger partial charge < -0.3 is 14.4 Å². The zero-order valence-electron chi connectivity index (χ0n) is 12.1. The van der Waals surface area contributed by atoms with E-state index in [0.29, 0.717) is 12.2 Å². The quantitative estimate of drug-likeness (QED) is 0.793. The Balaban J connectivity index is 2.03. The molecule has 0 radical (unpaired) electrons. The van der Waals surface area contributed by atoms with Gasteiger partial charge in [0.25, 0.3) is 0 Å². The number of esters is 1. The number of carbonyl (C=O) groups excluding carboxylic acids is 1. The molecular weight excluding hydrogens is 266 g/mol. The van der Waals surface area contributed by atoms with Crippen molar-refractivity contribution in [2.45, 2.75) is 6.92 Å². The van der Waals surface area contributed by atoms with Crippen LogP contribution >= 0.6 is 0 Å². The fraction of sp³-hybridized carbons (Fsp3) is 0.235. The Morgan fingerprint density at radius 1 is 1.19 bits per heavy atom. The Morgan fingerprint density at radius 2 is 1.95 bits per heavy atom. The van der Waals surface area contributed by atoms with E-state index in [1.54, 1.807) is 6.07 Å². The summed E-state index contributed by atoms with van der Waals surface area (Å²) in [5.74, 6) is 0.446. The highest BCUT2D eigenvalue weighted by atomic mass is 16.5. The zero-order valence-corrected chi connectivity index (χ0v) is 12.1. The van der Waals surface area contributed by atoms with Gasteiger partial charge in [-0.15, -0.1) is 0 Å². The summed E-state index contributed by atoms with van der Waals surface area (Å²) in [4.78, 5) is 13.9. The van der Waals surface area contributed by atoms with Gasteiger partial charge in [-0.3, -0.25) is 0 Å². The number of carbonyl (C=O) groups is 1. The Bertz CT molecular complexity index is 664. The number of benzene rings is 2. The van der Waals surface area contributed by atoms with Crippen LogP contribution in [0.1, 0.15) is 15.9 Å². The maximum atomic E-state index is 11.7. The number of hydrogen-bond acceptors (Lipinski definition) is 4. The van der Waals surface area contributed by atoms with Crippen molar-refractivity contribution < 1.29 is 14.3 Å². The zero-order chi connectivity index (χ0) is 14.8. The van der Waals surface area contributed by atoms with Crippen molar-refractivity contribution in [1.82, 2.24) is 0 Å². The van der Waals surface area contributed by atoms with Crippen molar-refractivity contribution in [1.29, 1.82) is 0 Å². The number of ether oxygens (including phenoxy) is 2. The Morgan fingerprint density at radius 3 is 2.67 bits per heavy atom. The lowest BCUT2D eigenvalue weighted by Gasteiger charge is -2.31. The lowest BCUT2D eigenvalue weighted by molar-refractivity contribution is 0.0600. The van der Waals surface area contributed by atoms with Crippen LogP contribution in [0.4, 0.5) is 11.4 Å². The minimum atomic E-state index is -0.341. The first-order chi connectivity index (χ1) is 10.2. The number of methoxy groups -OCH3 is 1. The summed E-state index contributed by atoms with van der Waals surface area (Å²) in [5.41, 5.74) is 3.73. The van der Waals surface area contributed by atoms with E-state index in [0.717, 1.165) is 23.7 Å². The highest BCUT2D eigenvalue weighted by Crippen LogP contribution is 2.37. The van der Waals surface area contributed by atoms with Crippen LogP contribution in [-0.4, -0.2) is 26.2 Å². The molecule has 0 saturated carbocycles. The molecule has 0 aromatic heterocycles. The van der Waals surface area contributed by atoms with Crippen LogP contribution in [0.5, 0.6) is 5.75 Å². The second-order valence-corrected chi connectivity index (χ2v) is 5.01. The molecule has 0 aliphatic carbocycles. The van der Waals surface area contributed by atoms with Gasteiger partial charge in [-0.1, -0.05) is 17.7 Å². The normalized spacial score (nSPS) is 13.3. The van der Waals surface area contributed by atoms with E-state index < -0.39 is 0 Å². The van der Waals surface area contributed by atoms with Crippen molar-refractivity contribution in [3.63, 3.8) is 0 Å². The molecule has 1 aliphatic heterocycles. The summed E-state index contributed by atoms with van der Waals surface area (Å²) in [6.07, 6.45) is 0. The molecule has 0 bridgehead atoms. The monoisotopic (exact) mass is 283 g/mol. The van der Waals surface area contributed by atoms with Crippen LogP contribution in [0.15, 0.2) is 42.5 Å². The molecule has 108 valence electrons. The molecule has 0 spiro atoms. The fourth-order valence-corrected chi connectivity index (χ4v) is 2.46. The molecule has 0 fully saturated rings. The van der Waals surface area contributed by atoms with Crippen LogP contribution in [0.2, 0.25) is 0 Å². The number of aryl methyl sites for hydroxylation is 1. The first kappa shape index (κ1) is 13.5. The number of rotatable bonds is 2. The van der Waals surface area contributed by atoms with Gasteiger partial charge in [0.1, 0.15) is 12.4 Å². The third-order valence-electron chi connectivity index (χ3n) is 3.59. The van der Waals surface area contributed by atoms with Gasteiger partial charge in [-0.25, -0.2) is 4.79 Å². The topological polar surface area (TPSA) is 38.8 Å². The Hall–Kier alpha value is -2.49. The summed E-state index contributed by atoms with van der Waals surface area (Å²) < 4.78 is 10.5. The van der Waals surface area contributed by atoms with E-state index in [1.807, 2.05) is 12.1 Å². The van der Waals surface area contributed by atoms with E-state index in [4.69, 9.17) is 9.47 Å². The average Bonchev–Trinajstić information content (AvgIpc) is 2.54. The van der Waals surface area contributed by atoms with Crippen LogP contribution < -0.4 is 9.64 Å². The maximum absolute atomic E-state index is 11.7. The lowest BCUT2D eigenvalue weighted by atomic mass is 10.1. The van der Waals surface area contributed by atoms with Gasteiger partial charge in [0.2, 0.25) is 0 Å². The molecule has 2 aromatic rings. The second-order valence-electron chi connectivity index (χ2n) is 5.01. The van der Waals surface area contributed by atoms with E-state index >= 15 is 0 Å². The smallest absolute Gasteiger partial charge is 0.337 e. The molecule has 0 amide bonds. The van der Waals surface area contributed by atoms with E-state index in [-0.39, 0.29) is 5.97 Å². The number of nitrogens with zero attached hydrogens (tertiary/aromatic N) is 1. The van der Waals surface area contributed by atoms with Gasteiger partial charge in [-0.2, -0.15) is 0 Å². The molecule has 21 heavy (non-hydrogen) atoms. The van der Waals surface area contributed by atoms with Gasteiger partial charge >= 0.3 is 5.97 Å². The predicted molar refractivity (Wildman–Crippen MR) is 81.5 cm³/mol. The summed E-state index contributed by atoms with van der Waals surface area (Å²) in [5, 5.41) is 0. The van der Waals surface area contributed by atoms with Crippen molar-refractivity contribution in [3.8, 4) is 5.75 Å². The summed E-state index contributed by atoms with van der Waals surface area (Å²) >= 11 is 0. The number of anilines is 2. The first-order valence-electron chi connectivity index (χ1n) is 6.88. The molecule has 2 aromatic carbocycles. The summed E-state index contributed by atoms with van der Waals surface area (Å²) in [6.45, 7) is 3.44. The van der Waals surface area contributed by atoms with Crippen molar-refractivity contribution in [2.24, 2.45) is 0 Å². The highest BCUT2D eigenvalue weighted by Gasteiger charge is 2.21. The molecule has 0 N–H and O–H groups in total. The molecular formula is C17H17NO3. The van der Waals surface area contributed by atoms with Crippen LogP contribution in [0.3, 0.4) is 0 Å². The molecule has 1 heterocycles. The lowest BCUT2D eigenvalue weighted by Crippen LogP contribution is -2.28. The van der Waals surface area contributed by atoms with Crippen molar-refractivity contribution in [3.05, 3.63) is 53.6 Å². The van der Waals surface area contributed by atoms with Crippen LogP contribution in [0.25, 0.3) is 0 Å². The van der Waals surface area contributed by atoms with Gasteiger partial charge in [0.05, 0.1) is 24.9 Å². The molecule has 3 rings (SSSR count). The highest BCUT2D eigenvalue weighted by molar-refractivity contribution is 5.91. The predicted octanol–water partition coefficient (Wildman–Crippen LogP) is 3.31. The van der Waals surface area contributed by atoms with Gasteiger partial charge in [-0.05, 0) is 37.3 Å². The molecule has 0 atom stereocenters. The van der Waals surface area contributed by atoms with E-state index in [1.165, 1.54) is 12.7 Å². The van der Waals surface area contributed by atoms with Crippen LogP contribution in [-0.2, 0) is 4.74 Å². The van der Waals surface area contributed by atoms with Gasteiger partial charge in [0, 0.05) is 5.69 Å².